The number of hydrogen-bond donors (Lipinski definition) is 1. The molecule has 0 saturated carbocycles. The van der Waals surface area contributed by atoms with E-state index in [1.165, 1.54) is 4.31 Å². The zero-order valence-corrected chi connectivity index (χ0v) is 15.5. The van der Waals surface area contributed by atoms with Gasteiger partial charge in [0, 0.05) is 25.7 Å². The molecule has 0 aliphatic carbocycles. The third kappa shape index (κ3) is 4.06. The summed E-state index contributed by atoms with van der Waals surface area (Å²) in [6.07, 6.45) is 2.96. The molecule has 0 spiro atoms. The molecule has 0 bridgehead atoms. The van der Waals surface area contributed by atoms with Crippen molar-refractivity contribution in [3.63, 3.8) is 0 Å². The average molecular weight is 376 g/mol. The van der Waals surface area contributed by atoms with Gasteiger partial charge in [0.15, 0.2) is 0 Å². The number of likely N-dealkylation sites (tertiary alicyclic amines) is 1. The fourth-order valence-electron chi connectivity index (χ4n) is 3.57. The second-order valence-electron chi connectivity index (χ2n) is 6.75. The maximum absolute atomic E-state index is 12.6. The third-order valence-corrected chi connectivity index (χ3v) is 7.01. The first-order chi connectivity index (χ1) is 12.5. The van der Waals surface area contributed by atoms with Crippen LogP contribution in [0.1, 0.15) is 25.7 Å². The second kappa shape index (κ2) is 8.16. The lowest BCUT2D eigenvalue weighted by molar-refractivity contribution is -0.130. The lowest BCUT2D eigenvalue weighted by Crippen LogP contribution is -2.48. The van der Waals surface area contributed by atoms with Gasteiger partial charge < -0.3 is 10.2 Å². The number of rotatable bonds is 5. The lowest BCUT2D eigenvalue weighted by Gasteiger charge is -2.32. The third-order valence-electron chi connectivity index (χ3n) is 5.10. The van der Waals surface area contributed by atoms with Crippen LogP contribution in [0, 0.1) is 11.3 Å². The number of sulfonamides is 1. The summed E-state index contributed by atoms with van der Waals surface area (Å²) in [7, 11) is -3.45. The van der Waals surface area contributed by atoms with Crippen molar-refractivity contribution in [1.29, 1.82) is 5.26 Å². The number of nitriles is 1. The molecule has 3 rings (SSSR count). The van der Waals surface area contributed by atoms with E-state index in [2.05, 4.69) is 11.4 Å². The number of piperidine rings is 1. The van der Waals surface area contributed by atoms with E-state index >= 15 is 0 Å². The number of benzene rings is 1. The normalized spacial score (nSPS) is 22.3. The monoisotopic (exact) mass is 376 g/mol. The van der Waals surface area contributed by atoms with Crippen LogP contribution in [0.2, 0.25) is 0 Å². The lowest BCUT2D eigenvalue weighted by atomic mass is 10.1. The molecule has 2 aliphatic heterocycles. The topological polar surface area (TPSA) is 93.5 Å². The zero-order valence-electron chi connectivity index (χ0n) is 14.7. The fourth-order valence-corrected chi connectivity index (χ4v) is 5.07. The highest BCUT2D eigenvalue weighted by Crippen LogP contribution is 2.21. The number of carbonyl (C=O) groups is 1. The number of carbonyl (C=O) groups excluding carboxylic acids is 1. The van der Waals surface area contributed by atoms with Crippen molar-refractivity contribution in [2.24, 2.45) is 0 Å². The molecule has 2 fully saturated rings. The van der Waals surface area contributed by atoms with E-state index in [0.717, 1.165) is 12.8 Å². The van der Waals surface area contributed by atoms with E-state index in [9.17, 15) is 13.2 Å². The van der Waals surface area contributed by atoms with Crippen molar-refractivity contribution >= 4 is 15.9 Å². The first-order valence-corrected chi connectivity index (χ1v) is 10.4. The van der Waals surface area contributed by atoms with E-state index in [1.807, 2.05) is 0 Å². The van der Waals surface area contributed by atoms with Crippen LogP contribution in [0.4, 0.5) is 0 Å². The Morgan fingerprint density at radius 1 is 1.15 bits per heavy atom. The number of nitrogens with zero attached hydrogens (tertiary/aromatic N) is 3. The summed E-state index contributed by atoms with van der Waals surface area (Å²) < 4.78 is 26.7. The van der Waals surface area contributed by atoms with Crippen LogP contribution in [0.25, 0.3) is 0 Å². The van der Waals surface area contributed by atoms with Crippen LogP contribution in [0.15, 0.2) is 35.2 Å². The predicted octanol–water partition coefficient (Wildman–Crippen LogP) is 0.944. The van der Waals surface area contributed by atoms with Gasteiger partial charge in [-0.15, -0.1) is 0 Å². The Bertz CT molecular complexity index is 767. The maximum atomic E-state index is 12.6. The van der Waals surface area contributed by atoms with E-state index in [0.29, 0.717) is 37.4 Å². The summed E-state index contributed by atoms with van der Waals surface area (Å²) >= 11 is 0. The standard InChI is InChI=1S/C18H24N4O3S/c19-13-16-5-4-10-22(16)18(23)14-20-15-8-11-21(12-9-15)26(24,25)17-6-2-1-3-7-17/h1-3,6-7,15-16,20H,4-5,8-12,14H2/t16-/m0/s1. The molecule has 0 aromatic heterocycles. The van der Waals surface area contributed by atoms with Gasteiger partial charge in [0.05, 0.1) is 17.5 Å². The van der Waals surface area contributed by atoms with Crippen LogP contribution < -0.4 is 5.32 Å². The first kappa shape index (κ1) is 18.8. The van der Waals surface area contributed by atoms with Crippen molar-refractivity contribution in [3.8, 4) is 6.07 Å². The quantitative estimate of drug-likeness (QED) is 0.826. The minimum atomic E-state index is -3.45. The van der Waals surface area contributed by atoms with E-state index < -0.39 is 10.0 Å². The van der Waals surface area contributed by atoms with Crippen molar-refractivity contribution in [3.05, 3.63) is 30.3 Å². The molecule has 140 valence electrons. The summed E-state index contributed by atoms with van der Waals surface area (Å²) in [5, 5.41) is 12.3. The van der Waals surface area contributed by atoms with E-state index in [-0.39, 0.29) is 24.5 Å². The van der Waals surface area contributed by atoms with Gasteiger partial charge in [0.2, 0.25) is 15.9 Å². The first-order valence-electron chi connectivity index (χ1n) is 9.00. The zero-order chi connectivity index (χ0) is 18.6. The molecule has 2 saturated heterocycles. The van der Waals surface area contributed by atoms with Crippen molar-refractivity contribution in [2.45, 2.75) is 42.7 Å². The molecular formula is C18H24N4O3S. The Balaban J connectivity index is 1.48. The fraction of sp³-hybridized carbons (Fsp3) is 0.556. The number of hydrogen-bond acceptors (Lipinski definition) is 5. The Hall–Kier alpha value is -1.95. The van der Waals surface area contributed by atoms with Gasteiger partial charge in [-0.05, 0) is 37.8 Å². The molecular weight excluding hydrogens is 352 g/mol. The van der Waals surface area contributed by atoms with Gasteiger partial charge in [0.25, 0.3) is 0 Å². The minimum absolute atomic E-state index is 0.0478. The summed E-state index contributed by atoms with van der Waals surface area (Å²) in [6, 6.07) is 10.4. The van der Waals surface area contributed by atoms with Crippen LogP contribution in [-0.2, 0) is 14.8 Å². The molecule has 1 amide bonds. The number of amides is 1. The summed E-state index contributed by atoms with van der Waals surface area (Å²) in [5.74, 6) is -0.0478. The van der Waals surface area contributed by atoms with Gasteiger partial charge in [-0.25, -0.2) is 8.42 Å². The largest absolute Gasteiger partial charge is 0.326 e. The van der Waals surface area contributed by atoms with Crippen molar-refractivity contribution in [1.82, 2.24) is 14.5 Å². The minimum Gasteiger partial charge on any atom is -0.326 e. The Labute approximate surface area is 154 Å². The van der Waals surface area contributed by atoms with Crippen molar-refractivity contribution in [2.75, 3.05) is 26.2 Å². The Kier molecular flexibility index (Phi) is 5.91. The van der Waals surface area contributed by atoms with Crippen LogP contribution >= 0.6 is 0 Å². The molecule has 1 aromatic carbocycles. The second-order valence-corrected chi connectivity index (χ2v) is 8.68. The highest BCUT2D eigenvalue weighted by atomic mass is 32.2. The molecule has 1 N–H and O–H groups in total. The van der Waals surface area contributed by atoms with Crippen molar-refractivity contribution < 1.29 is 13.2 Å². The molecule has 1 atom stereocenters. The Morgan fingerprint density at radius 3 is 2.50 bits per heavy atom. The SMILES string of the molecule is N#C[C@@H]1CCCN1C(=O)CNC1CCN(S(=O)(=O)c2ccccc2)CC1. The average Bonchev–Trinajstić information content (AvgIpc) is 3.16. The summed E-state index contributed by atoms with van der Waals surface area (Å²) in [4.78, 5) is 14.2. The molecule has 8 heteroatoms. The number of nitrogens with one attached hydrogen (secondary N) is 1. The van der Waals surface area contributed by atoms with Gasteiger partial charge in [0.1, 0.15) is 6.04 Å². The molecule has 1 aromatic rings. The van der Waals surface area contributed by atoms with Gasteiger partial charge >= 0.3 is 0 Å². The van der Waals surface area contributed by atoms with Gasteiger partial charge in [-0.2, -0.15) is 9.57 Å². The van der Waals surface area contributed by atoms with Gasteiger partial charge in [-0.1, -0.05) is 18.2 Å². The summed E-state index contributed by atoms with van der Waals surface area (Å²) in [6.45, 7) is 1.72. The molecule has 0 radical (unpaired) electrons. The predicted molar refractivity (Wildman–Crippen MR) is 96.6 cm³/mol. The van der Waals surface area contributed by atoms with Crippen LogP contribution in [0.5, 0.6) is 0 Å². The molecule has 2 aliphatic rings. The summed E-state index contributed by atoms with van der Waals surface area (Å²) in [5.41, 5.74) is 0. The van der Waals surface area contributed by atoms with Gasteiger partial charge in [-0.3, -0.25) is 4.79 Å². The van der Waals surface area contributed by atoms with Crippen LogP contribution in [0.3, 0.4) is 0 Å². The Morgan fingerprint density at radius 2 is 1.85 bits per heavy atom. The molecule has 26 heavy (non-hydrogen) atoms. The smallest absolute Gasteiger partial charge is 0.243 e. The molecule has 2 heterocycles. The molecule has 0 unspecified atom stereocenters. The maximum Gasteiger partial charge on any atom is 0.243 e. The highest BCUT2D eigenvalue weighted by Gasteiger charge is 2.31. The molecule has 7 nitrogen and oxygen atoms in total. The van der Waals surface area contributed by atoms with Crippen LogP contribution in [-0.4, -0.2) is 61.8 Å². The highest BCUT2D eigenvalue weighted by molar-refractivity contribution is 7.89. The van der Waals surface area contributed by atoms with E-state index in [1.54, 1.807) is 35.2 Å². The van der Waals surface area contributed by atoms with E-state index in [4.69, 9.17) is 5.26 Å².